The van der Waals surface area contributed by atoms with Crippen molar-refractivity contribution in [1.29, 1.82) is 0 Å². The number of carbonyl (C=O) groups excluding carboxylic acids is 2. The number of nitrogens with two attached hydrogens (primary N) is 1. The third-order valence-corrected chi connectivity index (χ3v) is 2.56. The summed E-state index contributed by atoms with van der Waals surface area (Å²) in [5.41, 5.74) is 5.40. The quantitative estimate of drug-likeness (QED) is 0.774. The minimum Gasteiger partial charge on any atom is -0.366 e. The van der Waals surface area contributed by atoms with Crippen molar-refractivity contribution in [3.8, 4) is 0 Å². The van der Waals surface area contributed by atoms with Gasteiger partial charge in [0.25, 0.3) is 5.91 Å². The summed E-state index contributed by atoms with van der Waals surface area (Å²) in [6.45, 7) is 1.55. The Balaban J connectivity index is 2.82. The molecular weight excluding hydrogens is 224 g/mol. The van der Waals surface area contributed by atoms with Crippen LogP contribution >= 0.6 is 22.9 Å². The molecule has 1 aromatic heterocycles. The van der Waals surface area contributed by atoms with Gasteiger partial charge in [-0.05, 0) is 18.4 Å². The molecular formula is C8H9ClN2O2S. The van der Waals surface area contributed by atoms with E-state index in [2.05, 4.69) is 5.32 Å². The van der Waals surface area contributed by atoms with E-state index in [1.54, 1.807) is 18.4 Å². The maximum absolute atomic E-state index is 11.2. The van der Waals surface area contributed by atoms with Crippen LogP contribution in [0.2, 0.25) is 0 Å². The maximum atomic E-state index is 11.2. The molecule has 0 aromatic carbocycles. The van der Waals surface area contributed by atoms with Crippen LogP contribution in [-0.2, 0) is 4.79 Å². The lowest BCUT2D eigenvalue weighted by Crippen LogP contribution is -2.22. The molecule has 0 unspecified atom stereocenters. The van der Waals surface area contributed by atoms with Crippen LogP contribution in [0.1, 0.15) is 17.3 Å². The number of amides is 2. The predicted octanol–water partition coefficient (Wildman–Crippen LogP) is 1.41. The molecule has 76 valence electrons. The number of anilines is 1. The SMILES string of the molecule is C[C@H](Cl)C(=O)Nc1sccc1C(N)=O. The van der Waals surface area contributed by atoms with Gasteiger partial charge in [-0.25, -0.2) is 0 Å². The third kappa shape index (κ3) is 2.46. The van der Waals surface area contributed by atoms with Crippen LogP contribution in [-0.4, -0.2) is 17.2 Å². The van der Waals surface area contributed by atoms with Crippen molar-refractivity contribution in [2.75, 3.05) is 5.32 Å². The summed E-state index contributed by atoms with van der Waals surface area (Å²) in [7, 11) is 0. The van der Waals surface area contributed by atoms with Crippen molar-refractivity contribution in [3.63, 3.8) is 0 Å². The van der Waals surface area contributed by atoms with Gasteiger partial charge in [-0.1, -0.05) is 0 Å². The Morgan fingerprint density at radius 3 is 2.79 bits per heavy atom. The number of alkyl halides is 1. The molecule has 4 nitrogen and oxygen atoms in total. The summed E-state index contributed by atoms with van der Waals surface area (Å²) >= 11 is 6.79. The summed E-state index contributed by atoms with van der Waals surface area (Å²) in [6.07, 6.45) is 0. The number of nitrogens with one attached hydrogen (secondary N) is 1. The minimum absolute atomic E-state index is 0.306. The van der Waals surface area contributed by atoms with Crippen LogP contribution in [0.3, 0.4) is 0 Å². The molecule has 0 aliphatic carbocycles. The summed E-state index contributed by atoms with van der Waals surface area (Å²) in [5.74, 6) is -0.916. The molecule has 1 aromatic rings. The fourth-order valence-electron chi connectivity index (χ4n) is 0.811. The van der Waals surface area contributed by atoms with Crippen molar-refractivity contribution in [3.05, 3.63) is 17.0 Å². The van der Waals surface area contributed by atoms with Crippen molar-refractivity contribution >= 4 is 39.8 Å². The molecule has 0 aliphatic rings. The van der Waals surface area contributed by atoms with E-state index >= 15 is 0 Å². The summed E-state index contributed by atoms with van der Waals surface area (Å²) in [6, 6.07) is 1.56. The van der Waals surface area contributed by atoms with Crippen LogP contribution in [0.5, 0.6) is 0 Å². The Labute approximate surface area is 90.0 Å². The lowest BCUT2D eigenvalue weighted by Gasteiger charge is -2.04. The third-order valence-electron chi connectivity index (χ3n) is 1.53. The van der Waals surface area contributed by atoms with Gasteiger partial charge in [-0.15, -0.1) is 22.9 Å². The second-order valence-electron chi connectivity index (χ2n) is 2.63. The van der Waals surface area contributed by atoms with Crippen molar-refractivity contribution in [1.82, 2.24) is 0 Å². The Bertz CT molecular complexity index is 362. The monoisotopic (exact) mass is 232 g/mol. The number of primary amides is 1. The minimum atomic E-state index is -0.641. The molecule has 1 atom stereocenters. The van der Waals surface area contributed by atoms with E-state index < -0.39 is 11.3 Å². The zero-order valence-corrected chi connectivity index (χ0v) is 8.98. The zero-order valence-electron chi connectivity index (χ0n) is 7.41. The van der Waals surface area contributed by atoms with Gasteiger partial charge >= 0.3 is 0 Å². The molecule has 0 radical (unpaired) electrons. The number of rotatable bonds is 3. The molecule has 6 heteroatoms. The van der Waals surface area contributed by atoms with E-state index in [0.29, 0.717) is 10.6 Å². The number of thiophene rings is 1. The molecule has 0 saturated carbocycles. The fraction of sp³-hybridized carbons (Fsp3) is 0.250. The molecule has 1 rings (SSSR count). The van der Waals surface area contributed by atoms with Crippen LogP contribution in [0, 0.1) is 0 Å². The van der Waals surface area contributed by atoms with Crippen LogP contribution < -0.4 is 11.1 Å². The van der Waals surface area contributed by atoms with E-state index in [-0.39, 0.29) is 5.91 Å². The first-order valence-corrected chi connectivity index (χ1v) is 5.16. The highest BCUT2D eigenvalue weighted by Gasteiger charge is 2.14. The lowest BCUT2D eigenvalue weighted by atomic mass is 10.3. The number of hydrogen-bond donors (Lipinski definition) is 2. The van der Waals surface area contributed by atoms with Gasteiger partial charge in [0.05, 0.1) is 5.56 Å². The summed E-state index contributed by atoms with van der Waals surface area (Å²) < 4.78 is 0. The highest BCUT2D eigenvalue weighted by Crippen LogP contribution is 2.22. The topological polar surface area (TPSA) is 72.2 Å². The Kier molecular flexibility index (Phi) is 3.49. The molecule has 0 bridgehead atoms. The van der Waals surface area contributed by atoms with Gasteiger partial charge in [0, 0.05) is 0 Å². The highest BCUT2D eigenvalue weighted by molar-refractivity contribution is 7.14. The van der Waals surface area contributed by atoms with Gasteiger partial charge < -0.3 is 11.1 Å². The number of halogens is 1. The van der Waals surface area contributed by atoms with Gasteiger partial charge in [0.15, 0.2) is 0 Å². The average molecular weight is 233 g/mol. The molecule has 0 saturated heterocycles. The van der Waals surface area contributed by atoms with E-state index in [4.69, 9.17) is 17.3 Å². The maximum Gasteiger partial charge on any atom is 0.251 e. The van der Waals surface area contributed by atoms with Gasteiger partial charge in [0.2, 0.25) is 5.91 Å². The Morgan fingerprint density at radius 1 is 1.64 bits per heavy atom. The first-order valence-electron chi connectivity index (χ1n) is 3.84. The second kappa shape index (κ2) is 4.43. The Morgan fingerprint density at radius 2 is 2.29 bits per heavy atom. The summed E-state index contributed by atoms with van der Waals surface area (Å²) in [5, 5.41) is 3.99. The number of carbonyl (C=O) groups is 2. The van der Waals surface area contributed by atoms with Gasteiger partial charge in [-0.3, -0.25) is 9.59 Å². The molecule has 0 spiro atoms. The zero-order chi connectivity index (χ0) is 10.7. The van der Waals surface area contributed by atoms with E-state index in [0.717, 1.165) is 0 Å². The first kappa shape index (κ1) is 11.0. The number of hydrogen-bond acceptors (Lipinski definition) is 3. The van der Waals surface area contributed by atoms with E-state index in [1.165, 1.54) is 11.3 Å². The molecule has 3 N–H and O–H groups in total. The normalized spacial score (nSPS) is 12.1. The lowest BCUT2D eigenvalue weighted by molar-refractivity contribution is -0.115. The van der Waals surface area contributed by atoms with Crippen LogP contribution in [0.15, 0.2) is 11.4 Å². The van der Waals surface area contributed by atoms with Gasteiger partial charge in [-0.2, -0.15) is 0 Å². The van der Waals surface area contributed by atoms with E-state index in [9.17, 15) is 9.59 Å². The van der Waals surface area contributed by atoms with Crippen molar-refractivity contribution < 1.29 is 9.59 Å². The smallest absolute Gasteiger partial charge is 0.251 e. The fourth-order valence-corrected chi connectivity index (χ4v) is 1.66. The van der Waals surface area contributed by atoms with Crippen molar-refractivity contribution in [2.24, 2.45) is 5.73 Å². The second-order valence-corrected chi connectivity index (χ2v) is 4.20. The first-order chi connectivity index (χ1) is 6.52. The van der Waals surface area contributed by atoms with Crippen molar-refractivity contribution in [2.45, 2.75) is 12.3 Å². The van der Waals surface area contributed by atoms with Crippen LogP contribution in [0.25, 0.3) is 0 Å². The molecule has 2 amide bonds. The molecule has 1 heterocycles. The Hall–Kier alpha value is -1.07. The molecule has 0 fully saturated rings. The van der Waals surface area contributed by atoms with Crippen LogP contribution in [0.4, 0.5) is 5.00 Å². The average Bonchev–Trinajstić information content (AvgIpc) is 2.52. The molecule has 14 heavy (non-hydrogen) atoms. The highest BCUT2D eigenvalue weighted by atomic mass is 35.5. The predicted molar refractivity (Wildman–Crippen MR) is 56.8 cm³/mol. The largest absolute Gasteiger partial charge is 0.366 e. The molecule has 0 aliphatic heterocycles. The summed E-state index contributed by atoms with van der Waals surface area (Å²) in [4.78, 5) is 22.1. The van der Waals surface area contributed by atoms with E-state index in [1.807, 2.05) is 0 Å². The van der Waals surface area contributed by atoms with Gasteiger partial charge in [0.1, 0.15) is 10.4 Å². The standard InChI is InChI=1S/C8H9ClN2O2S/c1-4(9)7(13)11-8-5(6(10)12)2-3-14-8/h2-4H,1H3,(H2,10,12)(H,11,13)/t4-/m0/s1.